The first-order valence-corrected chi connectivity index (χ1v) is 11.6. The highest BCUT2D eigenvalue weighted by Crippen LogP contribution is 2.28. The summed E-state index contributed by atoms with van der Waals surface area (Å²) in [6.07, 6.45) is 0. The Hall–Kier alpha value is -3.43. The molecule has 31 heavy (non-hydrogen) atoms. The number of aryl methyl sites for hydroxylation is 1. The standard InChI is InChI=1S/C22H19N3O4S2/c1-14-5-3-8-19-20(14)23-22(30-19)24-21(26)15-6-4-7-16(13-15)25-31(27,28)18-11-9-17(29-2)10-12-18/h3-13,25H,1-2H3,(H,23,24,26). The average Bonchev–Trinajstić information content (AvgIpc) is 3.17. The Morgan fingerprint density at radius 3 is 2.48 bits per heavy atom. The minimum atomic E-state index is -3.81. The second kappa shape index (κ2) is 8.37. The number of thiazole rings is 1. The van der Waals surface area contributed by atoms with E-state index in [1.165, 1.54) is 36.6 Å². The molecule has 7 nitrogen and oxygen atoms in total. The van der Waals surface area contributed by atoms with Gasteiger partial charge in [-0.15, -0.1) is 0 Å². The van der Waals surface area contributed by atoms with Gasteiger partial charge >= 0.3 is 0 Å². The zero-order chi connectivity index (χ0) is 22.0. The molecule has 3 aromatic carbocycles. The van der Waals surface area contributed by atoms with Crippen molar-refractivity contribution < 1.29 is 17.9 Å². The minimum absolute atomic E-state index is 0.0907. The Balaban J connectivity index is 1.52. The first-order valence-electron chi connectivity index (χ1n) is 9.30. The number of aromatic nitrogens is 1. The van der Waals surface area contributed by atoms with E-state index < -0.39 is 10.0 Å². The summed E-state index contributed by atoms with van der Waals surface area (Å²) >= 11 is 1.38. The number of fused-ring (bicyclic) bond motifs is 1. The molecule has 4 rings (SSSR count). The third kappa shape index (κ3) is 4.52. The fraction of sp³-hybridized carbons (Fsp3) is 0.0909. The molecule has 0 spiro atoms. The molecular formula is C22H19N3O4S2. The molecule has 0 aliphatic carbocycles. The zero-order valence-electron chi connectivity index (χ0n) is 16.7. The first-order chi connectivity index (χ1) is 14.9. The van der Waals surface area contributed by atoms with Gasteiger partial charge in [-0.3, -0.25) is 14.8 Å². The summed E-state index contributed by atoms with van der Waals surface area (Å²) in [5.41, 5.74) is 2.47. The maximum absolute atomic E-state index is 12.7. The van der Waals surface area contributed by atoms with Gasteiger partial charge < -0.3 is 4.74 Å². The molecule has 0 radical (unpaired) electrons. The number of carbonyl (C=O) groups is 1. The second-order valence-electron chi connectivity index (χ2n) is 6.76. The number of amides is 1. The van der Waals surface area contributed by atoms with Crippen LogP contribution in [0.2, 0.25) is 0 Å². The lowest BCUT2D eigenvalue weighted by Crippen LogP contribution is -2.15. The highest BCUT2D eigenvalue weighted by atomic mass is 32.2. The van der Waals surface area contributed by atoms with Gasteiger partial charge in [0.25, 0.3) is 15.9 Å². The van der Waals surface area contributed by atoms with Crippen molar-refractivity contribution in [2.75, 3.05) is 17.1 Å². The van der Waals surface area contributed by atoms with E-state index in [-0.39, 0.29) is 16.5 Å². The Morgan fingerprint density at radius 2 is 1.77 bits per heavy atom. The van der Waals surface area contributed by atoms with Crippen molar-refractivity contribution in [3.63, 3.8) is 0 Å². The number of anilines is 2. The molecule has 158 valence electrons. The number of rotatable bonds is 6. The van der Waals surface area contributed by atoms with Crippen LogP contribution in [0.15, 0.2) is 71.6 Å². The predicted octanol–water partition coefficient (Wildman–Crippen LogP) is 4.67. The van der Waals surface area contributed by atoms with Gasteiger partial charge in [-0.2, -0.15) is 0 Å². The molecule has 0 atom stereocenters. The summed E-state index contributed by atoms with van der Waals surface area (Å²) < 4.78 is 33.8. The van der Waals surface area contributed by atoms with Crippen molar-refractivity contribution in [2.45, 2.75) is 11.8 Å². The summed E-state index contributed by atoms with van der Waals surface area (Å²) in [4.78, 5) is 17.3. The largest absolute Gasteiger partial charge is 0.497 e. The van der Waals surface area contributed by atoms with Crippen molar-refractivity contribution >= 4 is 48.3 Å². The Bertz CT molecular complexity index is 1360. The zero-order valence-corrected chi connectivity index (χ0v) is 18.4. The lowest BCUT2D eigenvalue weighted by atomic mass is 10.2. The molecule has 0 aliphatic rings. The Morgan fingerprint density at radius 1 is 1.03 bits per heavy atom. The molecule has 9 heteroatoms. The highest BCUT2D eigenvalue weighted by molar-refractivity contribution is 7.92. The van der Waals surface area contributed by atoms with Crippen LogP contribution in [-0.2, 0) is 10.0 Å². The van der Waals surface area contributed by atoms with Gasteiger partial charge in [0.1, 0.15) is 5.75 Å². The summed E-state index contributed by atoms with van der Waals surface area (Å²) in [7, 11) is -2.30. The summed E-state index contributed by atoms with van der Waals surface area (Å²) in [5.74, 6) is 0.185. The van der Waals surface area contributed by atoms with Gasteiger partial charge in [0, 0.05) is 11.3 Å². The minimum Gasteiger partial charge on any atom is -0.497 e. The van der Waals surface area contributed by atoms with Crippen LogP contribution in [0.5, 0.6) is 5.75 Å². The Kier molecular flexibility index (Phi) is 5.62. The maximum atomic E-state index is 12.7. The number of methoxy groups -OCH3 is 1. The van der Waals surface area contributed by atoms with Gasteiger partial charge in [-0.25, -0.2) is 13.4 Å². The van der Waals surface area contributed by atoms with Crippen LogP contribution < -0.4 is 14.8 Å². The topological polar surface area (TPSA) is 97.4 Å². The lowest BCUT2D eigenvalue weighted by molar-refractivity contribution is 0.102. The van der Waals surface area contributed by atoms with E-state index in [1.807, 2.05) is 25.1 Å². The van der Waals surface area contributed by atoms with Crippen molar-refractivity contribution in [1.29, 1.82) is 0 Å². The van der Waals surface area contributed by atoms with Crippen LogP contribution in [0.1, 0.15) is 15.9 Å². The van der Waals surface area contributed by atoms with E-state index in [0.29, 0.717) is 16.4 Å². The van der Waals surface area contributed by atoms with Crippen LogP contribution in [0.25, 0.3) is 10.2 Å². The molecule has 4 aromatic rings. The van der Waals surface area contributed by atoms with E-state index in [0.717, 1.165) is 15.8 Å². The molecule has 1 heterocycles. The van der Waals surface area contributed by atoms with Gasteiger partial charge in [0.15, 0.2) is 5.13 Å². The van der Waals surface area contributed by atoms with Crippen LogP contribution in [0, 0.1) is 6.92 Å². The van der Waals surface area contributed by atoms with E-state index in [2.05, 4.69) is 15.0 Å². The van der Waals surface area contributed by atoms with E-state index in [9.17, 15) is 13.2 Å². The monoisotopic (exact) mass is 453 g/mol. The number of carbonyl (C=O) groups excluding carboxylic acids is 1. The molecule has 0 aliphatic heterocycles. The van der Waals surface area contributed by atoms with Gasteiger partial charge in [-0.1, -0.05) is 29.5 Å². The van der Waals surface area contributed by atoms with Crippen LogP contribution >= 0.6 is 11.3 Å². The third-order valence-corrected chi connectivity index (χ3v) is 6.92. The molecule has 1 aromatic heterocycles. The molecule has 1 amide bonds. The van der Waals surface area contributed by atoms with Gasteiger partial charge in [0.05, 0.1) is 22.2 Å². The number of nitrogens with one attached hydrogen (secondary N) is 2. The molecular weight excluding hydrogens is 434 g/mol. The SMILES string of the molecule is COc1ccc(S(=O)(=O)Nc2cccc(C(=O)Nc3nc4c(C)cccc4s3)c2)cc1. The van der Waals surface area contributed by atoms with Crippen molar-refractivity contribution in [2.24, 2.45) is 0 Å². The van der Waals surface area contributed by atoms with E-state index in [1.54, 1.807) is 30.3 Å². The molecule has 0 saturated heterocycles. The highest BCUT2D eigenvalue weighted by Gasteiger charge is 2.16. The van der Waals surface area contributed by atoms with Crippen molar-refractivity contribution in [3.05, 3.63) is 77.9 Å². The van der Waals surface area contributed by atoms with Crippen LogP contribution in [0.4, 0.5) is 10.8 Å². The number of hydrogen-bond donors (Lipinski definition) is 2. The normalized spacial score (nSPS) is 11.3. The van der Waals surface area contributed by atoms with E-state index in [4.69, 9.17) is 4.74 Å². The number of hydrogen-bond acceptors (Lipinski definition) is 6. The molecule has 0 unspecified atom stereocenters. The molecule has 2 N–H and O–H groups in total. The van der Waals surface area contributed by atoms with E-state index >= 15 is 0 Å². The van der Waals surface area contributed by atoms with Crippen molar-refractivity contribution in [3.8, 4) is 5.75 Å². The number of benzene rings is 3. The summed E-state index contributed by atoms with van der Waals surface area (Å²) in [5, 5.41) is 3.27. The summed E-state index contributed by atoms with van der Waals surface area (Å²) in [6, 6.07) is 18.2. The summed E-state index contributed by atoms with van der Waals surface area (Å²) in [6.45, 7) is 1.96. The fourth-order valence-electron chi connectivity index (χ4n) is 3.00. The maximum Gasteiger partial charge on any atom is 0.261 e. The van der Waals surface area contributed by atoms with Gasteiger partial charge in [-0.05, 0) is 61.0 Å². The Labute approximate surface area is 183 Å². The smallest absolute Gasteiger partial charge is 0.261 e. The quantitative estimate of drug-likeness (QED) is 0.442. The van der Waals surface area contributed by atoms with Crippen molar-refractivity contribution in [1.82, 2.24) is 4.98 Å². The number of ether oxygens (including phenoxy) is 1. The molecule has 0 bridgehead atoms. The average molecular weight is 454 g/mol. The van der Waals surface area contributed by atoms with Gasteiger partial charge in [0.2, 0.25) is 0 Å². The number of sulfonamides is 1. The fourth-order valence-corrected chi connectivity index (χ4v) is 4.99. The predicted molar refractivity (Wildman–Crippen MR) is 123 cm³/mol. The molecule has 0 saturated carbocycles. The number of para-hydroxylation sites is 1. The lowest BCUT2D eigenvalue weighted by Gasteiger charge is -2.10. The second-order valence-corrected chi connectivity index (χ2v) is 9.47. The van der Waals surface area contributed by atoms with Crippen LogP contribution in [-0.4, -0.2) is 26.4 Å². The van der Waals surface area contributed by atoms with Crippen LogP contribution in [0.3, 0.4) is 0 Å². The molecule has 0 fully saturated rings. The third-order valence-electron chi connectivity index (χ3n) is 4.59. The number of nitrogens with zero attached hydrogens (tertiary/aromatic N) is 1. The first kappa shape index (κ1) is 20.8.